The van der Waals surface area contributed by atoms with Crippen LogP contribution in [0.1, 0.15) is 30.1 Å². The number of halogens is 2. The Hall–Kier alpha value is -1.42. The highest BCUT2D eigenvalue weighted by molar-refractivity contribution is 6.20. The average molecular weight is 255 g/mol. The average Bonchev–Trinajstić information content (AvgIpc) is 2.80. The van der Waals surface area contributed by atoms with E-state index in [2.05, 4.69) is 10.1 Å². The van der Waals surface area contributed by atoms with Gasteiger partial charge in [0.15, 0.2) is 5.82 Å². The van der Waals surface area contributed by atoms with Gasteiger partial charge in [-0.2, -0.15) is 4.98 Å². The molecule has 1 aromatic heterocycles. The number of alkyl halides is 1. The van der Waals surface area contributed by atoms with Crippen LogP contribution in [0, 0.1) is 12.7 Å². The van der Waals surface area contributed by atoms with Crippen LogP contribution in [0.2, 0.25) is 0 Å². The van der Waals surface area contributed by atoms with Crippen molar-refractivity contribution >= 4 is 11.6 Å². The molecule has 0 spiro atoms. The van der Waals surface area contributed by atoms with Crippen LogP contribution in [-0.2, 0) is 0 Å². The van der Waals surface area contributed by atoms with Crippen LogP contribution in [0.3, 0.4) is 0 Å². The summed E-state index contributed by atoms with van der Waals surface area (Å²) < 4.78 is 18.2. The molecule has 0 aliphatic heterocycles. The third-order valence-electron chi connectivity index (χ3n) is 2.51. The lowest BCUT2D eigenvalue weighted by molar-refractivity contribution is 0.420. The van der Waals surface area contributed by atoms with E-state index in [1.807, 2.05) is 13.8 Å². The summed E-state index contributed by atoms with van der Waals surface area (Å²) in [6.45, 7) is 3.79. The first-order valence-corrected chi connectivity index (χ1v) is 5.79. The van der Waals surface area contributed by atoms with Gasteiger partial charge in [-0.1, -0.05) is 18.1 Å². The van der Waals surface area contributed by atoms with Crippen molar-refractivity contribution in [1.29, 1.82) is 0 Å². The maximum absolute atomic E-state index is 13.1. The minimum Gasteiger partial charge on any atom is -0.334 e. The van der Waals surface area contributed by atoms with Crippen LogP contribution in [0.5, 0.6) is 0 Å². The summed E-state index contributed by atoms with van der Waals surface area (Å²) in [5.74, 6) is 0.409. The predicted molar refractivity (Wildman–Crippen MR) is 63.3 cm³/mol. The molecule has 1 aromatic carbocycles. The van der Waals surface area contributed by atoms with Crippen molar-refractivity contribution in [3.63, 3.8) is 0 Å². The van der Waals surface area contributed by atoms with Crippen LogP contribution < -0.4 is 0 Å². The van der Waals surface area contributed by atoms with E-state index in [1.54, 1.807) is 6.07 Å². The molecule has 1 atom stereocenters. The lowest BCUT2D eigenvalue weighted by atomic mass is 10.1. The molecule has 0 saturated carbocycles. The first kappa shape index (κ1) is 12.0. The van der Waals surface area contributed by atoms with Crippen molar-refractivity contribution < 1.29 is 8.91 Å². The third kappa shape index (κ3) is 2.47. The van der Waals surface area contributed by atoms with E-state index < -0.39 is 0 Å². The zero-order chi connectivity index (χ0) is 12.4. The molecule has 0 amide bonds. The fourth-order valence-electron chi connectivity index (χ4n) is 1.48. The fourth-order valence-corrected chi connectivity index (χ4v) is 1.57. The van der Waals surface area contributed by atoms with Crippen molar-refractivity contribution in [3.05, 3.63) is 35.4 Å². The van der Waals surface area contributed by atoms with Crippen LogP contribution in [-0.4, -0.2) is 10.1 Å². The Balaban J connectivity index is 2.40. The van der Waals surface area contributed by atoms with Gasteiger partial charge >= 0.3 is 0 Å². The van der Waals surface area contributed by atoms with Crippen LogP contribution >= 0.6 is 11.6 Å². The van der Waals surface area contributed by atoms with Gasteiger partial charge in [-0.3, -0.25) is 0 Å². The van der Waals surface area contributed by atoms with Gasteiger partial charge in [0.25, 0.3) is 5.89 Å². The Bertz CT molecular complexity index is 527. The monoisotopic (exact) mass is 254 g/mol. The second-order valence-electron chi connectivity index (χ2n) is 3.79. The van der Waals surface area contributed by atoms with Gasteiger partial charge in [0.05, 0.1) is 5.38 Å². The van der Waals surface area contributed by atoms with E-state index in [0.717, 1.165) is 5.56 Å². The molecule has 0 N–H and O–H groups in total. The Kier molecular flexibility index (Phi) is 3.43. The van der Waals surface area contributed by atoms with E-state index in [9.17, 15) is 4.39 Å². The van der Waals surface area contributed by atoms with Crippen LogP contribution in [0.25, 0.3) is 11.5 Å². The minimum absolute atomic E-state index is 0.277. The fraction of sp³-hybridized carbons (Fsp3) is 0.333. The molecule has 0 radical (unpaired) electrons. The number of aromatic nitrogens is 2. The zero-order valence-electron chi connectivity index (χ0n) is 9.58. The summed E-state index contributed by atoms with van der Waals surface area (Å²) in [6, 6.07) is 4.45. The summed E-state index contributed by atoms with van der Waals surface area (Å²) in [5.41, 5.74) is 1.48. The van der Waals surface area contributed by atoms with Gasteiger partial charge < -0.3 is 4.52 Å². The van der Waals surface area contributed by atoms with E-state index in [0.29, 0.717) is 23.7 Å². The van der Waals surface area contributed by atoms with Gasteiger partial charge in [-0.05, 0) is 31.0 Å². The summed E-state index contributed by atoms with van der Waals surface area (Å²) in [7, 11) is 0. The highest BCUT2D eigenvalue weighted by Gasteiger charge is 2.16. The number of hydrogen-bond acceptors (Lipinski definition) is 3. The Morgan fingerprint density at radius 1 is 1.47 bits per heavy atom. The van der Waals surface area contributed by atoms with Crippen molar-refractivity contribution in [3.8, 4) is 11.5 Å². The summed E-state index contributed by atoms with van der Waals surface area (Å²) >= 11 is 6.00. The number of rotatable bonds is 3. The topological polar surface area (TPSA) is 38.9 Å². The molecule has 0 aliphatic carbocycles. The van der Waals surface area contributed by atoms with Crippen molar-refractivity contribution in [2.75, 3.05) is 0 Å². The molecule has 90 valence electrons. The molecule has 1 unspecified atom stereocenters. The second kappa shape index (κ2) is 4.84. The lowest BCUT2D eigenvalue weighted by Gasteiger charge is -2.00. The number of aryl methyl sites for hydroxylation is 1. The lowest BCUT2D eigenvalue weighted by Crippen LogP contribution is -1.91. The first-order chi connectivity index (χ1) is 8.11. The number of hydrogen-bond donors (Lipinski definition) is 0. The van der Waals surface area contributed by atoms with Crippen LogP contribution in [0.4, 0.5) is 4.39 Å². The molecule has 5 heteroatoms. The van der Waals surface area contributed by atoms with Crippen molar-refractivity contribution in [1.82, 2.24) is 10.1 Å². The third-order valence-corrected chi connectivity index (χ3v) is 3.01. The Morgan fingerprint density at radius 3 is 2.94 bits per heavy atom. The Morgan fingerprint density at radius 2 is 2.24 bits per heavy atom. The zero-order valence-corrected chi connectivity index (χ0v) is 10.3. The van der Waals surface area contributed by atoms with Gasteiger partial charge in [-0.25, -0.2) is 4.39 Å². The van der Waals surface area contributed by atoms with Crippen molar-refractivity contribution in [2.24, 2.45) is 0 Å². The minimum atomic E-state index is -0.330. The van der Waals surface area contributed by atoms with E-state index in [-0.39, 0.29) is 11.2 Å². The molecule has 0 bridgehead atoms. The molecule has 3 nitrogen and oxygen atoms in total. The molecule has 0 saturated heterocycles. The molecular weight excluding hydrogens is 243 g/mol. The SMILES string of the molecule is CCC(Cl)c1noc(-c2cc(F)ccc2C)n1. The predicted octanol–water partition coefficient (Wildman–Crippen LogP) is 3.87. The highest BCUT2D eigenvalue weighted by atomic mass is 35.5. The van der Waals surface area contributed by atoms with Crippen LogP contribution in [0.15, 0.2) is 22.7 Å². The highest BCUT2D eigenvalue weighted by Crippen LogP contribution is 2.26. The molecule has 2 rings (SSSR count). The van der Waals surface area contributed by atoms with E-state index in [4.69, 9.17) is 16.1 Å². The summed E-state index contributed by atoms with van der Waals surface area (Å²) in [4.78, 5) is 4.18. The maximum atomic E-state index is 13.1. The Labute approximate surface area is 104 Å². The quantitative estimate of drug-likeness (QED) is 0.781. The molecule has 1 heterocycles. The molecule has 2 aromatic rings. The van der Waals surface area contributed by atoms with Gasteiger partial charge in [0.2, 0.25) is 0 Å². The first-order valence-electron chi connectivity index (χ1n) is 5.36. The normalized spacial score (nSPS) is 12.7. The summed E-state index contributed by atoms with van der Waals surface area (Å²) in [6.07, 6.45) is 0.711. The molecule has 0 fully saturated rings. The van der Waals surface area contributed by atoms with Gasteiger partial charge in [-0.15, -0.1) is 11.6 Å². The number of benzene rings is 1. The number of nitrogens with zero attached hydrogens (tertiary/aromatic N) is 2. The van der Waals surface area contributed by atoms with Gasteiger partial charge in [0.1, 0.15) is 5.82 Å². The van der Waals surface area contributed by atoms with Crippen molar-refractivity contribution in [2.45, 2.75) is 25.6 Å². The summed E-state index contributed by atoms with van der Waals surface area (Å²) in [5, 5.41) is 3.52. The molecule has 0 aliphatic rings. The molecular formula is C12H12ClFN2O. The van der Waals surface area contributed by atoms with E-state index in [1.165, 1.54) is 12.1 Å². The maximum Gasteiger partial charge on any atom is 0.258 e. The molecule has 17 heavy (non-hydrogen) atoms. The van der Waals surface area contributed by atoms with E-state index >= 15 is 0 Å². The standard InChI is InChI=1S/C12H12ClFN2O/c1-3-10(13)11-15-12(17-16-11)9-6-8(14)5-4-7(9)2/h4-6,10H,3H2,1-2H3. The largest absolute Gasteiger partial charge is 0.334 e. The smallest absolute Gasteiger partial charge is 0.258 e. The van der Waals surface area contributed by atoms with Gasteiger partial charge in [0, 0.05) is 5.56 Å². The second-order valence-corrected chi connectivity index (χ2v) is 4.32.